The van der Waals surface area contributed by atoms with Crippen LogP contribution in [-0.4, -0.2) is 54.7 Å². The van der Waals surface area contributed by atoms with E-state index in [0.29, 0.717) is 0 Å². The number of halogens is 3. The minimum atomic E-state index is -1.37. The maximum absolute atomic E-state index is 14.0. The van der Waals surface area contributed by atoms with Crippen LogP contribution in [0, 0.1) is 5.82 Å². The summed E-state index contributed by atoms with van der Waals surface area (Å²) in [4.78, 5) is 12.3. The zero-order valence-corrected chi connectivity index (χ0v) is 14.4. The van der Waals surface area contributed by atoms with Crippen LogP contribution in [-0.2, 0) is 4.74 Å². The van der Waals surface area contributed by atoms with Gasteiger partial charge in [-0.25, -0.2) is 23.7 Å². The third-order valence-electron chi connectivity index (χ3n) is 4.31. The smallest absolute Gasteiger partial charge is 0.167 e. The minimum absolute atomic E-state index is 0.138. The fraction of sp³-hybridized carbons (Fsp3) is 0.312. The lowest BCUT2D eigenvalue weighted by Crippen LogP contribution is -2.32. The molecule has 4 rings (SSSR count). The Bertz CT molecular complexity index is 988. The number of hydrogen-bond donors (Lipinski definition) is 3. The molecule has 0 spiro atoms. The van der Waals surface area contributed by atoms with Crippen LogP contribution < -0.4 is 5.32 Å². The van der Waals surface area contributed by atoms with Gasteiger partial charge < -0.3 is 20.3 Å². The first-order valence-corrected chi connectivity index (χ1v) is 8.34. The molecule has 3 aromatic rings. The molecular formula is C16H14ClF2N5O3. The molecule has 1 saturated heterocycles. The molecule has 0 bridgehead atoms. The van der Waals surface area contributed by atoms with E-state index in [1.165, 1.54) is 29.4 Å². The molecule has 0 saturated carbocycles. The van der Waals surface area contributed by atoms with E-state index >= 15 is 0 Å². The molecule has 3 N–H and O–H groups in total. The number of fused-ring (bicyclic) bond motifs is 1. The van der Waals surface area contributed by atoms with Crippen LogP contribution in [0.1, 0.15) is 6.23 Å². The topological polar surface area (TPSA) is 105 Å². The number of aromatic nitrogens is 4. The summed E-state index contributed by atoms with van der Waals surface area (Å²) in [6.07, 6.45) is -2.40. The molecule has 1 aliphatic heterocycles. The molecule has 0 radical (unpaired) electrons. The lowest BCUT2D eigenvalue weighted by Gasteiger charge is -2.16. The molecular weight excluding hydrogens is 384 g/mol. The Morgan fingerprint density at radius 2 is 2.04 bits per heavy atom. The monoisotopic (exact) mass is 397 g/mol. The number of hydrogen-bond acceptors (Lipinski definition) is 7. The van der Waals surface area contributed by atoms with Gasteiger partial charge in [-0.15, -0.1) is 0 Å². The van der Waals surface area contributed by atoms with Crippen LogP contribution in [0.15, 0.2) is 30.9 Å². The zero-order valence-electron chi connectivity index (χ0n) is 13.6. The number of nitrogens with one attached hydrogen (secondary N) is 1. The van der Waals surface area contributed by atoms with Crippen molar-refractivity contribution >= 4 is 34.3 Å². The van der Waals surface area contributed by atoms with E-state index in [2.05, 4.69) is 20.3 Å². The van der Waals surface area contributed by atoms with Crippen molar-refractivity contribution < 1.29 is 23.7 Å². The number of aliphatic hydroxyl groups is 2. The highest BCUT2D eigenvalue weighted by molar-refractivity contribution is 6.30. The van der Waals surface area contributed by atoms with Crippen molar-refractivity contribution in [3.63, 3.8) is 0 Å². The van der Waals surface area contributed by atoms with Crippen LogP contribution >= 0.6 is 11.6 Å². The van der Waals surface area contributed by atoms with Crippen molar-refractivity contribution in [3.8, 4) is 0 Å². The Morgan fingerprint density at radius 3 is 2.74 bits per heavy atom. The van der Waals surface area contributed by atoms with Gasteiger partial charge in [0.15, 0.2) is 23.2 Å². The van der Waals surface area contributed by atoms with Crippen molar-refractivity contribution in [2.24, 2.45) is 0 Å². The van der Waals surface area contributed by atoms with Gasteiger partial charge in [0, 0.05) is 5.02 Å². The second-order valence-electron chi connectivity index (χ2n) is 6.00. The van der Waals surface area contributed by atoms with E-state index in [4.69, 9.17) is 16.3 Å². The summed E-state index contributed by atoms with van der Waals surface area (Å²) < 4.78 is 33.7. The maximum Gasteiger partial charge on any atom is 0.167 e. The van der Waals surface area contributed by atoms with Gasteiger partial charge in [-0.3, -0.25) is 4.57 Å². The van der Waals surface area contributed by atoms with Crippen molar-refractivity contribution in [1.29, 1.82) is 0 Å². The Hall–Kier alpha value is -2.40. The second kappa shape index (κ2) is 6.97. The van der Waals surface area contributed by atoms with E-state index in [1.807, 2.05) is 0 Å². The summed E-state index contributed by atoms with van der Waals surface area (Å²) in [5.41, 5.74) is 0.678. The lowest BCUT2D eigenvalue weighted by atomic mass is 10.1. The highest BCUT2D eigenvalue weighted by Crippen LogP contribution is 2.33. The molecule has 3 heterocycles. The number of rotatable bonds is 4. The summed E-state index contributed by atoms with van der Waals surface area (Å²) in [5.74, 6) is -0.354. The zero-order chi connectivity index (χ0) is 19.1. The predicted octanol–water partition coefficient (Wildman–Crippen LogP) is 1.95. The average molecular weight is 398 g/mol. The number of imidazole rings is 1. The molecule has 142 valence electrons. The summed E-state index contributed by atoms with van der Waals surface area (Å²) in [6.45, 7) is -0.945. The third kappa shape index (κ3) is 3.10. The van der Waals surface area contributed by atoms with Crippen LogP contribution in [0.5, 0.6) is 0 Å². The molecule has 0 aliphatic carbocycles. The number of aliphatic hydroxyl groups excluding tert-OH is 2. The number of benzene rings is 1. The molecule has 0 amide bonds. The van der Waals surface area contributed by atoms with Crippen LogP contribution in [0.25, 0.3) is 11.2 Å². The Labute approximate surface area is 156 Å². The fourth-order valence-corrected chi connectivity index (χ4v) is 3.09. The molecule has 1 fully saturated rings. The molecule has 0 unspecified atom stereocenters. The van der Waals surface area contributed by atoms with E-state index in [-0.39, 0.29) is 27.7 Å². The van der Waals surface area contributed by atoms with Crippen LogP contribution in [0.2, 0.25) is 5.02 Å². The number of nitrogens with zero attached hydrogens (tertiary/aromatic N) is 4. The minimum Gasteiger partial charge on any atom is -0.387 e. The van der Waals surface area contributed by atoms with E-state index in [0.717, 1.165) is 6.07 Å². The van der Waals surface area contributed by atoms with Crippen molar-refractivity contribution in [1.82, 2.24) is 19.5 Å². The van der Waals surface area contributed by atoms with Crippen LogP contribution in [0.4, 0.5) is 20.3 Å². The molecule has 11 heteroatoms. The summed E-state index contributed by atoms with van der Waals surface area (Å²) >= 11 is 5.75. The van der Waals surface area contributed by atoms with Gasteiger partial charge in [-0.05, 0) is 18.2 Å². The first-order chi connectivity index (χ1) is 13.0. The van der Waals surface area contributed by atoms with E-state index < -0.39 is 37.0 Å². The standard InChI is InChI=1S/C16H14ClF2N5O3/c17-7-1-2-9(8(19)3-7)23-14-11-15(21-5-20-14)24(6-22-11)16-13(26)12(25)10(4-18)27-16/h1-3,5-6,10,12-13,16,25-26H,4H2,(H,20,21,23)/t10-,12-,13-,16-/m1/s1. The second-order valence-corrected chi connectivity index (χ2v) is 6.43. The van der Waals surface area contributed by atoms with E-state index in [9.17, 15) is 19.0 Å². The predicted molar refractivity (Wildman–Crippen MR) is 91.9 cm³/mol. The first kappa shape index (κ1) is 18.0. The van der Waals surface area contributed by atoms with Crippen molar-refractivity contribution in [2.75, 3.05) is 12.0 Å². The molecule has 2 aromatic heterocycles. The highest BCUT2D eigenvalue weighted by atomic mass is 35.5. The van der Waals surface area contributed by atoms with Gasteiger partial charge >= 0.3 is 0 Å². The third-order valence-corrected chi connectivity index (χ3v) is 4.54. The average Bonchev–Trinajstić information content (AvgIpc) is 3.20. The van der Waals surface area contributed by atoms with Gasteiger partial charge in [0.05, 0.1) is 12.0 Å². The van der Waals surface area contributed by atoms with Crippen LogP contribution in [0.3, 0.4) is 0 Å². The lowest BCUT2D eigenvalue weighted by molar-refractivity contribution is -0.0409. The SMILES string of the molecule is O[C@@H]1[C@H](O)[C@@H](CF)O[C@H]1n1cnc2c(Nc3ccc(Cl)cc3F)ncnc21. The highest BCUT2D eigenvalue weighted by Gasteiger charge is 2.44. The first-order valence-electron chi connectivity index (χ1n) is 7.96. The molecule has 8 nitrogen and oxygen atoms in total. The van der Waals surface area contributed by atoms with Gasteiger partial charge in [0.25, 0.3) is 0 Å². The summed E-state index contributed by atoms with van der Waals surface area (Å²) in [6, 6.07) is 4.13. The van der Waals surface area contributed by atoms with Gasteiger partial charge in [-0.1, -0.05) is 11.6 Å². The largest absolute Gasteiger partial charge is 0.387 e. The number of alkyl halides is 1. The van der Waals surface area contributed by atoms with Crippen molar-refractivity contribution in [2.45, 2.75) is 24.5 Å². The molecule has 27 heavy (non-hydrogen) atoms. The Kier molecular flexibility index (Phi) is 4.64. The number of ether oxygens (including phenoxy) is 1. The van der Waals surface area contributed by atoms with Gasteiger partial charge in [0.2, 0.25) is 0 Å². The Balaban J connectivity index is 1.70. The Morgan fingerprint density at radius 1 is 1.22 bits per heavy atom. The molecule has 1 aliphatic rings. The summed E-state index contributed by atoms with van der Waals surface area (Å²) in [7, 11) is 0. The van der Waals surface area contributed by atoms with E-state index in [1.54, 1.807) is 0 Å². The number of anilines is 2. The molecule has 1 aromatic carbocycles. The fourth-order valence-electron chi connectivity index (χ4n) is 2.93. The normalized spacial score (nSPS) is 25.2. The van der Waals surface area contributed by atoms with Crippen molar-refractivity contribution in [3.05, 3.63) is 41.7 Å². The van der Waals surface area contributed by atoms with Gasteiger partial charge in [0.1, 0.15) is 37.1 Å². The maximum atomic E-state index is 14.0. The molecule has 4 atom stereocenters. The quantitative estimate of drug-likeness (QED) is 0.618. The van der Waals surface area contributed by atoms with Gasteiger partial charge in [-0.2, -0.15) is 0 Å². The summed E-state index contributed by atoms with van der Waals surface area (Å²) in [5, 5.41) is 23.1.